The van der Waals surface area contributed by atoms with Crippen LogP contribution in [-0.4, -0.2) is 29.6 Å². The van der Waals surface area contributed by atoms with E-state index in [2.05, 4.69) is 17.6 Å². The zero-order valence-corrected chi connectivity index (χ0v) is 20.7. The van der Waals surface area contributed by atoms with Crippen LogP contribution < -0.4 is 10.6 Å². The number of rotatable bonds is 18. The minimum absolute atomic E-state index is 0.0528. The van der Waals surface area contributed by atoms with Crippen molar-refractivity contribution in [1.82, 2.24) is 10.6 Å². The molecule has 0 aliphatic carbocycles. The number of benzene rings is 2. The summed E-state index contributed by atoms with van der Waals surface area (Å²) in [5.74, 6) is -0.922. The molecule has 5 heteroatoms. The molecular weight excluding hydrogens is 424 g/mol. The van der Waals surface area contributed by atoms with Gasteiger partial charge in [0.25, 0.3) is 5.91 Å². The number of nitrogens with one attached hydrogen (secondary N) is 2. The average molecular weight is 467 g/mol. The van der Waals surface area contributed by atoms with Crippen molar-refractivity contribution in [2.45, 2.75) is 90.1 Å². The smallest absolute Gasteiger partial charge is 0.321 e. The first kappa shape index (κ1) is 27.6. The number of hydrogen-bond acceptors (Lipinski definition) is 3. The summed E-state index contributed by atoms with van der Waals surface area (Å²) in [6.45, 7) is 3.39. The maximum Gasteiger partial charge on any atom is 0.321 e. The van der Waals surface area contributed by atoms with Crippen LogP contribution in [0.4, 0.5) is 0 Å². The molecule has 0 saturated heterocycles. The molecule has 0 fully saturated rings. The summed E-state index contributed by atoms with van der Waals surface area (Å²) < 4.78 is 0. The minimum atomic E-state index is -0.869. The Bertz CT molecular complexity index is 821. The summed E-state index contributed by atoms with van der Waals surface area (Å²) in [6.07, 6.45) is 13.2. The monoisotopic (exact) mass is 466 g/mol. The van der Waals surface area contributed by atoms with Gasteiger partial charge in [0.1, 0.15) is 6.04 Å². The Morgan fingerprint density at radius 1 is 0.765 bits per heavy atom. The van der Waals surface area contributed by atoms with Crippen LogP contribution in [0, 0.1) is 0 Å². The van der Waals surface area contributed by atoms with Crippen LogP contribution in [0.5, 0.6) is 0 Å². The van der Waals surface area contributed by atoms with E-state index in [4.69, 9.17) is 0 Å². The largest absolute Gasteiger partial charge is 0.480 e. The first-order valence-corrected chi connectivity index (χ1v) is 13.0. The van der Waals surface area contributed by atoms with Crippen LogP contribution in [0.1, 0.15) is 92.6 Å². The van der Waals surface area contributed by atoms with Crippen molar-refractivity contribution in [1.29, 1.82) is 0 Å². The van der Waals surface area contributed by atoms with E-state index >= 15 is 0 Å². The van der Waals surface area contributed by atoms with Crippen LogP contribution in [0.25, 0.3) is 0 Å². The summed E-state index contributed by atoms with van der Waals surface area (Å²) >= 11 is 0. The zero-order chi connectivity index (χ0) is 24.4. The Balaban J connectivity index is 1.62. The molecule has 0 bridgehead atoms. The van der Waals surface area contributed by atoms with Crippen LogP contribution in [0.3, 0.4) is 0 Å². The van der Waals surface area contributed by atoms with Crippen LogP contribution in [0.2, 0.25) is 0 Å². The predicted molar refractivity (Wildman–Crippen MR) is 139 cm³/mol. The first-order chi connectivity index (χ1) is 16.6. The third kappa shape index (κ3) is 11.5. The van der Waals surface area contributed by atoms with Crippen molar-refractivity contribution in [2.75, 3.05) is 6.54 Å². The van der Waals surface area contributed by atoms with Gasteiger partial charge in [0, 0.05) is 18.7 Å². The molecule has 0 spiro atoms. The number of amides is 1. The van der Waals surface area contributed by atoms with Crippen molar-refractivity contribution < 1.29 is 14.7 Å². The van der Waals surface area contributed by atoms with Gasteiger partial charge < -0.3 is 15.7 Å². The summed E-state index contributed by atoms with van der Waals surface area (Å²) in [7, 11) is 0. The molecule has 34 heavy (non-hydrogen) atoms. The molecule has 3 N–H and O–H groups in total. The molecule has 0 heterocycles. The van der Waals surface area contributed by atoms with E-state index in [1.54, 1.807) is 12.1 Å². The highest BCUT2D eigenvalue weighted by molar-refractivity contribution is 5.94. The number of unbranched alkanes of at least 4 members (excludes halogenated alkanes) is 9. The Morgan fingerprint density at radius 2 is 1.35 bits per heavy atom. The van der Waals surface area contributed by atoms with Gasteiger partial charge in [-0.05, 0) is 36.1 Å². The predicted octanol–water partition coefficient (Wildman–Crippen LogP) is 6.12. The maximum atomic E-state index is 12.4. The van der Waals surface area contributed by atoms with Gasteiger partial charge in [-0.2, -0.15) is 0 Å². The van der Waals surface area contributed by atoms with Crippen molar-refractivity contribution in [3.05, 3.63) is 71.3 Å². The first-order valence-electron chi connectivity index (χ1n) is 13.0. The normalized spacial score (nSPS) is 11.8. The lowest BCUT2D eigenvalue weighted by atomic mass is 10.1. The van der Waals surface area contributed by atoms with Gasteiger partial charge in [0.2, 0.25) is 0 Å². The van der Waals surface area contributed by atoms with Crippen LogP contribution in [0.15, 0.2) is 54.6 Å². The quantitative estimate of drug-likeness (QED) is 0.231. The van der Waals surface area contributed by atoms with E-state index in [-0.39, 0.29) is 5.91 Å². The second-order valence-electron chi connectivity index (χ2n) is 9.10. The molecule has 2 aromatic rings. The molecule has 0 radical (unpaired) electrons. The molecule has 0 unspecified atom stereocenters. The zero-order valence-electron chi connectivity index (χ0n) is 20.7. The fraction of sp³-hybridized carbons (Fsp3) is 0.517. The van der Waals surface area contributed by atoms with Crippen molar-refractivity contribution in [3.8, 4) is 0 Å². The lowest BCUT2D eigenvalue weighted by Gasteiger charge is -2.15. The van der Waals surface area contributed by atoms with Gasteiger partial charge >= 0.3 is 5.97 Å². The van der Waals surface area contributed by atoms with Crippen LogP contribution in [-0.2, 0) is 17.8 Å². The molecule has 2 aromatic carbocycles. The third-order valence-electron chi connectivity index (χ3n) is 6.17. The minimum Gasteiger partial charge on any atom is -0.480 e. The number of carbonyl (C=O) groups is 2. The molecule has 0 aliphatic rings. The highest BCUT2D eigenvalue weighted by Gasteiger charge is 2.17. The van der Waals surface area contributed by atoms with Gasteiger partial charge in [0.15, 0.2) is 0 Å². The van der Waals surface area contributed by atoms with Gasteiger partial charge in [0.05, 0.1) is 0 Å². The molecule has 0 saturated carbocycles. The number of hydrogen-bond donors (Lipinski definition) is 3. The standard InChI is InChI=1S/C29H42N2O3/c1-2-3-4-5-6-7-8-9-10-14-21-30-28(32)26-19-17-25(18-20-26)23-31-27(29(33)34)22-24-15-12-11-13-16-24/h11-13,15-20,27,31H,2-10,14,21-23H2,1H3,(H,30,32)(H,33,34)/t27-/m0/s1. The fourth-order valence-corrected chi connectivity index (χ4v) is 4.03. The van der Waals surface area contributed by atoms with Gasteiger partial charge in [-0.1, -0.05) is 107 Å². The van der Waals surface area contributed by atoms with E-state index in [1.807, 2.05) is 42.5 Å². The third-order valence-corrected chi connectivity index (χ3v) is 6.17. The number of carbonyl (C=O) groups excluding carboxylic acids is 1. The number of carboxylic acids is 1. The van der Waals surface area contributed by atoms with Gasteiger partial charge in [-0.3, -0.25) is 9.59 Å². The molecule has 186 valence electrons. The second-order valence-corrected chi connectivity index (χ2v) is 9.10. The lowest BCUT2D eigenvalue weighted by molar-refractivity contribution is -0.139. The molecule has 1 atom stereocenters. The number of carboxylic acid groups (broad SMARTS) is 1. The van der Waals surface area contributed by atoms with E-state index in [0.717, 1.165) is 24.0 Å². The molecule has 2 rings (SSSR count). The Kier molecular flexibility index (Phi) is 13.7. The summed E-state index contributed by atoms with van der Waals surface area (Å²) in [5, 5.41) is 15.6. The highest BCUT2D eigenvalue weighted by Crippen LogP contribution is 2.11. The van der Waals surface area contributed by atoms with E-state index < -0.39 is 12.0 Å². The van der Waals surface area contributed by atoms with Gasteiger partial charge in [-0.25, -0.2) is 0 Å². The van der Waals surface area contributed by atoms with Crippen molar-refractivity contribution in [3.63, 3.8) is 0 Å². The Hall–Kier alpha value is -2.66. The molecule has 1 amide bonds. The average Bonchev–Trinajstić information content (AvgIpc) is 2.85. The maximum absolute atomic E-state index is 12.4. The van der Waals surface area contributed by atoms with Crippen molar-refractivity contribution >= 4 is 11.9 Å². The highest BCUT2D eigenvalue weighted by atomic mass is 16.4. The second kappa shape index (κ2) is 16.9. The van der Waals surface area contributed by atoms with Crippen molar-refractivity contribution in [2.24, 2.45) is 0 Å². The fourth-order valence-electron chi connectivity index (χ4n) is 4.03. The lowest BCUT2D eigenvalue weighted by Crippen LogP contribution is -2.38. The topological polar surface area (TPSA) is 78.4 Å². The van der Waals surface area contributed by atoms with Crippen LogP contribution >= 0.6 is 0 Å². The van der Waals surface area contributed by atoms with E-state index in [1.165, 1.54) is 51.4 Å². The summed E-state index contributed by atoms with van der Waals surface area (Å²) in [6, 6.07) is 16.3. The molecule has 0 aliphatic heterocycles. The molecule has 5 nitrogen and oxygen atoms in total. The van der Waals surface area contributed by atoms with E-state index in [0.29, 0.717) is 25.1 Å². The summed E-state index contributed by atoms with van der Waals surface area (Å²) in [4.78, 5) is 24.0. The van der Waals surface area contributed by atoms with E-state index in [9.17, 15) is 14.7 Å². The Labute approximate surface area is 205 Å². The summed E-state index contributed by atoms with van der Waals surface area (Å²) in [5.41, 5.74) is 2.57. The van der Waals surface area contributed by atoms with Gasteiger partial charge in [-0.15, -0.1) is 0 Å². The molecular formula is C29H42N2O3. The Morgan fingerprint density at radius 3 is 1.94 bits per heavy atom. The molecule has 0 aromatic heterocycles. The number of aliphatic carboxylic acids is 1. The SMILES string of the molecule is CCCCCCCCCCCCNC(=O)c1ccc(CN[C@@H](Cc2ccccc2)C(=O)O)cc1.